The van der Waals surface area contributed by atoms with Gasteiger partial charge in [0.05, 0.1) is 0 Å². The van der Waals surface area contributed by atoms with E-state index in [1.165, 1.54) is 37.7 Å². The number of benzene rings is 1. The van der Waals surface area contributed by atoms with Gasteiger partial charge in [-0.25, -0.2) is 0 Å². The fraction of sp³-hybridized carbons (Fsp3) is 0.647. The summed E-state index contributed by atoms with van der Waals surface area (Å²) in [6.45, 7) is 0. The zero-order valence-corrected chi connectivity index (χ0v) is 11.4. The molecule has 0 saturated heterocycles. The highest BCUT2D eigenvalue weighted by molar-refractivity contribution is 5.18. The number of hydrogen-bond donors (Lipinski definition) is 1. The monoisotopic (exact) mass is 243 g/mol. The standard InChI is InChI=1S/C17H25N/c1-18-17(14-5-3-2-4-6-14)10-9-16-12-13-7-8-15(16)11-13/h2-6,13,15-18H,7-12H2,1H3. The lowest BCUT2D eigenvalue weighted by molar-refractivity contribution is 0.295. The van der Waals surface area contributed by atoms with E-state index in [1.807, 2.05) is 0 Å². The second-order valence-electron chi connectivity index (χ2n) is 6.26. The summed E-state index contributed by atoms with van der Waals surface area (Å²) in [6.07, 6.45) is 8.83. The first kappa shape index (κ1) is 12.2. The van der Waals surface area contributed by atoms with Crippen LogP contribution in [0.2, 0.25) is 0 Å². The molecular weight excluding hydrogens is 218 g/mol. The van der Waals surface area contributed by atoms with Crippen molar-refractivity contribution in [3.8, 4) is 0 Å². The van der Waals surface area contributed by atoms with Crippen LogP contribution in [0.3, 0.4) is 0 Å². The molecule has 4 unspecified atom stereocenters. The maximum absolute atomic E-state index is 3.49. The van der Waals surface area contributed by atoms with Crippen molar-refractivity contribution in [1.82, 2.24) is 5.32 Å². The van der Waals surface area contributed by atoms with Crippen molar-refractivity contribution in [3.05, 3.63) is 35.9 Å². The Balaban J connectivity index is 1.55. The van der Waals surface area contributed by atoms with Gasteiger partial charge in [-0.2, -0.15) is 0 Å². The van der Waals surface area contributed by atoms with Crippen molar-refractivity contribution in [2.75, 3.05) is 7.05 Å². The fourth-order valence-electron chi connectivity index (χ4n) is 4.27. The van der Waals surface area contributed by atoms with Gasteiger partial charge in [-0.05, 0) is 62.5 Å². The Bertz CT molecular complexity index is 372. The van der Waals surface area contributed by atoms with Crippen molar-refractivity contribution in [2.24, 2.45) is 17.8 Å². The molecule has 0 heterocycles. The first-order chi connectivity index (χ1) is 8.86. The van der Waals surface area contributed by atoms with E-state index in [0.29, 0.717) is 6.04 Å². The molecule has 2 saturated carbocycles. The van der Waals surface area contributed by atoms with Gasteiger partial charge in [-0.15, -0.1) is 0 Å². The summed E-state index contributed by atoms with van der Waals surface area (Å²) in [5.74, 6) is 3.19. The molecule has 0 radical (unpaired) electrons. The van der Waals surface area contributed by atoms with Gasteiger partial charge in [0.1, 0.15) is 0 Å². The van der Waals surface area contributed by atoms with Gasteiger partial charge in [0.15, 0.2) is 0 Å². The molecule has 1 heteroatoms. The fourth-order valence-corrected chi connectivity index (χ4v) is 4.27. The average molecular weight is 243 g/mol. The normalized spacial score (nSPS) is 31.7. The Morgan fingerprint density at radius 1 is 1.17 bits per heavy atom. The van der Waals surface area contributed by atoms with Gasteiger partial charge >= 0.3 is 0 Å². The molecular formula is C17H25N. The molecule has 2 bridgehead atoms. The van der Waals surface area contributed by atoms with Crippen LogP contribution in [0, 0.1) is 17.8 Å². The zero-order chi connectivity index (χ0) is 12.4. The van der Waals surface area contributed by atoms with Crippen LogP contribution in [0.5, 0.6) is 0 Å². The average Bonchev–Trinajstić information content (AvgIpc) is 3.03. The molecule has 1 N–H and O–H groups in total. The maximum Gasteiger partial charge on any atom is 0.0317 e. The number of fused-ring (bicyclic) bond motifs is 2. The Morgan fingerprint density at radius 3 is 2.61 bits per heavy atom. The summed E-state index contributed by atoms with van der Waals surface area (Å²) < 4.78 is 0. The third-order valence-corrected chi connectivity index (χ3v) is 5.26. The predicted molar refractivity (Wildman–Crippen MR) is 76.4 cm³/mol. The number of rotatable bonds is 5. The lowest BCUT2D eigenvalue weighted by atomic mass is 9.84. The zero-order valence-electron chi connectivity index (χ0n) is 11.4. The van der Waals surface area contributed by atoms with Crippen molar-refractivity contribution >= 4 is 0 Å². The van der Waals surface area contributed by atoms with Crippen molar-refractivity contribution < 1.29 is 0 Å². The molecule has 2 fully saturated rings. The Labute approximate surface area is 111 Å². The Morgan fingerprint density at radius 2 is 2.00 bits per heavy atom. The first-order valence-electron chi connectivity index (χ1n) is 7.59. The summed E-state index contributed by atoms with van der Waals surface area (Å²) in [4.78, 5) is 0. The smallest absolute Gasteiger partial charge is 0.0317 e. The van der Waals surface area contributed by atoms with Crippen LogP contribution in [0.25, 0.3) is 0 Å². The summed E-state index contributed by atoms with van der Waals surface area (Å²) in [7, 11) is 2.10. The highest BCUT2D eigenvalue weighted by Gasteiger charge is 2.39. The topological polar surface area (TPSA) is 12.0 Å². The van der Waals surface area contributed by atoms with E-state index < -0.39 is 0 Å². The van der Waals surface area contributed by atoms with Gasteiger partial charge < -0.3 is 5.32 Å². The van der Waals surface area contributed by atoms with E-state index in [2.05, 4.69) is 42.7 Å². The van der Waals surface area contributed by atoms with E-state index in [0.717, 1.165) is 17.8 Å². The van der Waals surface area contributed by atoms with Gasteiger partial charge in [-0.3, -0.25) is 0 Å². The third kappa shape index (κ3) is 2.47. The van der Waals surface area contributed by atoms with Crippen LogP contribution in [-0.2, 0) is 0 Å². The molecule has 0 aromatic heterocycles. The molecule has 4 atom stereocenters. The highest BCUT2D eigenvalue weighted by atomic mass is 14.9. The molecule has 18 heavy (non-hydrogen) atoms. The lowest BCUT2D eigenvalue weighted by Crippen LogP contribution is -2.19. The minimum Gasteiger partial charge on any atom is -0.313 e. The van der Waals surface area contributed by atoms with Crippen LogP contribution in [-0.4, -0.2) is 7.05 Å². The summed E-state index contributed by atoms with van der Waals surface area (Å²) >= 11 is 0. The predicted octanol–water partition coefficient (Wildman–Crippen LogP) is 4.16. The van der Waals surface area contributed by atoms with Crippen LogP contribution in [0.1, 0.15) is 50.1 Å². The minimum atomic E-state index is 0.547. The molecule has 0 amide bonds. The largest absolute Gasteiger partial charge is 0.313 e. The van der Waals surface area contributed by atoms with Gasteiger partial charge in [-0.1, -0.05) is 36.8 Å². The second kappa shape index (κ2) is 5.44. The molecule has 2 aliphatic rings. The van der Waals surface area contributed by atoms with Crippen LogP contribution in [0.15, 0.2) is 30.3 Å². The molecule has 1 aromatic carbocycles. The first-order valence-corrected chi connectivity index (χ1v) is 7.59. The van der Waals surface area contributed by atoms with Gasteiger partial charge in [0.25, 0.3) is 0 Å². The van der Waals surface area contributed by atoms with Crippen LogP contribution < -0.4 is 5.32 Å². The maximum atomic E-state index is 3.49. The van der Waals surface area contributed by atoms with Crippen molar-refractivity contribution in [3.63, 3.8) is 0 Å². The summed E-state index contributed by atoms with van der Waals surface area (Å²) in [5, 5.41) is 3.49. The van der Waals surface area contributed by atoms with E-state index in [9.17, 15) is 0 Å². The molecule has 3 rings (SSSR count). The molecule has 0 spiro atoms. The van der Waals surface area contributed by atoms with Crippen molar-refractivity contribution in [2.45, 2.75) is 44.6 Å². The van der Waals surface area contributed by atoms with E-state index in [-0.39, 0.29) is 0 Å². The minimum absolute atomic E-state index is 0.547. The van der Waals surface area contributed by atoms with Gasteiger partial charge in [0.2, 0.25) is 0 Å². The van der Waals surface area contributed by atoms with Crippen LogP contribution in [0.4, 0.5) is 0 Å². The molecule has 1 aromatic rings. The lowest BCUT2D eigenvalue weighted by Gasteiger charge is -2.24. The van der Waals surface area contributed by atoms with E-state index in [1.54, 1.807) is 6.42 Å². The number of nitrogens with one attached hydrogen (secondary N) is 1. The quantitative estimate of drug-likeness (QED) is 0.818. The van der Waals surface area contributed by atoms with Crippen LogP contribution >= 0.6 is 0 Å². The molecule has 1 nitrogen and oxygen atoms in total. The summed E-state index contributed by atoms with van der Waals surface area (Å²) in [5.41, 5.74) is 1.45. The Kier molecular flexibility index (Phi) is 3.69. The Hall–Kier alpha value is -0.820. The van der Waals surface area contributed by atoms with Gasteiger partial charge in [0, 0.05) is 6.04 Å². The van der Waals surface area contributed by atoms with E-state index in [4.69, 9.17) is 0 Å². The second-order valence-corrected chi connectivity index (χ2v) is 6.26. The summed E-state index contributed by atoms with van der Waals surface area (Å²) in [6, 6.07) is 11.5. The number of hydrogen-bond acceptors (Lipinski definition) is 1. The third-order valence-electron chi connectivity index (χ3n) is 5.26. The SMILES string of the molecule is CNC(CCC1CC2CCC1C2)c1ccccc1. The van der Waals surface area contributed by atoms with Crippen molar-refractivity contribution in [1.29, 1.82) is 0 Å². The highest BCUT2D eigenvalue weighted by Crippen LogP contribution is 2.50. The molecule has 98 valence electrons. The van der Waals surface area contributed by atoms with E-state index >= 15 is 0 Å². The molecule has 2 aliphatic carbocycles. The molecule has 0 aliphatic heterocycles.